The average Bonchev–Trinajstić information content (AvgIpc) is 2.46. The molecule has 0 aliphatic rings. The SMILES string of the molecule is CC(C)Nc1ccc([N+](=O)[O-])cc1C(=O)c1ccccc1Cl. The molecule has 0 saturated heterocycles. The van der Waals surface area contributed by atoms with E-state index in [1.807, 2.05) is 13.8 Å². The molecule has 2 rings (SSSR count). The molecule has 2 aromatic carbocycles. The summed E-state index contributed by atoms with van der Waals surface area (Å²) in [5.74, 6) is -0.350. The summed E-state index contributed by atoms with van der Waals surface area (Å²) in [6.07, 6.45) is 0. The summed E-state index contributed by atoms with van der Waals surface area (Å²) in [4.78, 5) is 23.1. The Morgan fingerprint density at radius 2 is 1.86 bits per heavy atom. The fourth-order valence-electron chi connectivity index (χ4n) is 2.06. The van der Waals surface area contributed by atoms with Crippen LogP contribution in [0.1, 0.15) is 29.8 Å². The molecule has 1 N–H and O–H groups in total. The zero-order valence-corrected chi connectivity index (χ0v) is 12.9. The van der Waals surface area contributed by atoms with Crippen molar-refractivity contribution in [3.05, 3.63) is 68.7 Å². The first-order valence-corrected chi connectivity index (χ1v) is 7.12. The van der Waals surface area contributed by atoms with Gasteiger partial charge in [-0.15, -0.1) is 0 Å². The molecule has 22 heavy (non-hydrogen) atoms. The molecule has 0 radical (unpaired) electrons. The number of anilines is 1. The van der Waals surface area contributed by atoms with E-state index in [1.165, 1.54) is 12.1 Å². The number of nitro benzene ring substituents is 1. The maximum Gasteiger partial charge on any atom is 0.270 e. The van der Waals surface area contributed by atoms with Crippen molar-refractivity contribution in [2.75, 3.05) is 5.32 Å². The number of carbonyl (C=O) groups is 1. The van der Waals surface area contributed by atoms with E-state index in [1.54, 1.807) is 30.3 Å². The Hall–Kier alpha value is -2.40. The summed E-state index contributed by atoms with van der Waals surface area (Å²) in [6.45, 7) is 3.84. The van der Waals surface area contributed by atoms with Crippen molar-refractivity contribution in [1.29, 1.82) is 0 Å². The predicted octanol–water partition coefficient (Wildman–Crippen LogP) is 4.30. The Morgan fingerprint density at radius 1 is 1.18 bits per heavy atom. The van der Waals surface area contributed by atoms with E-state index >= 15 is 0 Å². The Kier molecular flexibility index (Phi) is 4.78. The maximum atomic E-state index is 12.7. The average molecular weight is 319 g/mol. The number of hydrogen-bond donors (Lipinski definition) is 1. The van der Waals surface area contributed by atoms with Crippen molar-refractivity contribution in [2.45, 2.75) is 19.9 Å². The zero-order chi connectivity index (χ0) is 16.3. The van der Waals surface area contributed by atoms with E-state index in [2.05, 4.69) is 5.32 Å². The highest BCUT2D eigenvalue weighted by Crippen LogP contribution is 2.27. The number of benzene rings is 2. The van der Waals surface area contributed by atoms with Crippen LogP contribution in [0.4, 0.5) is 11.4 Å². The molecule has 0 saturated carbocycles. The second-order valence-corrected chi connectivity index (χ2v) is 5.50. The van der Waals surface area contributed by atoms with Crippen LogP contribution >= 0.6 is 11.6 Å². The Bertz CT molecular complexity index is 729. The molecule has 0 heterocycles. The number of nitro groups is 1. The van der Waals surface area contributed by atoms with Crippen LogP contribution in [-0.4, -0.2) is 16.7 Å². The minimum atomic E-state index is -0.525. The summed E-state index contributed by atoms with van der Waals surface area (Å²) in [5, 5.41) is 14.4. The van der Waals surface area contributed by atoms with Crippen molar-refractivity contribution in [1.82, 2.24) is 0 Å². The number of nitrogens with zero attached hydrogens (tertiary/aromatic N) is 1. The lowest BCUT2D eigenvalue weighted by atomic mass is 10.0. The zero-order valence-electron chi connectivity index (χ0n) is 12.2. The van der Waals surface area contributed by atoms with E-state index in [0.29, 0.717) is 16.3 Å². The molecule has 0 aliphatic carbocycles. The van der Waals surface area contributed by atoms with Gasteiger partial charge in [-0.3, -0.25) is 14.9 Å². The molecule has 6 heteroatoms. The summed E-state index contributed by atoms with van der Waals surface area (Å²) in [7, 11) is 0. The van der Waals surface area contributed by atoms with Crippen LogP contribution in [0.25, 0.3) is 0 Å². The summed E-state index contributed by atoms with van der Waals surface area (Å²) in [6, 6.07) is 10.9. The Morgan fingerprint density at radius 3 is 2.45 bits per heavy atom. The number of hydrogen-bond acceptors (Lipinski definition) is 4. The van der Waals surface area contributed by atoms with Gasteiger partial charge in [0.1, 0.15) is 0 Å². The third-order valence-electron chi connectivity index (χ3n) is 3.02. The summed E-state index contributed by atoms with van der Waals surface area (Å²) in [5.41, 5.74) is 0.961. The quantitative estimate of drug-likeness (QED) is 0.507. The molecular weight excluding hydrogens is 304 g/mol. The van der Waals surface area contributed by atoms with Gasteiger partial charge in [-0.1, -0.05) is 23.7 Å². The molecule has 5 nitrogen and oxygen atoms in total. The number of nitrogens with one attached hydrogen (secondary N) is 1. The highest BCUT2D eigenvalue weighted by atomic mass is 35.5. The maximum absolute atomic E-state index is 12.7. The summed E-state index contributed by atoms with van der Waals surface area (Å²) >= 11 is 6.05. The van der Waals surface area contributed by atoms with Gasteiger partial charge >= 0.3 is 0 Å². The smallest absolute Gasteiger partial charge is 0.270 e. The second kappa shape index (κ2) is 6.58. The third-order valence-corrected chi connectivity index (χ3v) is 3.35. The molecule has 2 aromatic rings. The number of rotatable bonds is 5. The van der Waals surface area contributed by atoms with Crippen LogP contribution in [0.2, 0.25) is 5.02 Å². The summed E-state index contributed by atoms with van der Waals surface area (Å²) < 4.78 is 0. The lowest BCUT2D eigenvalue weighted by molar-refractivity contribution is -0.384. The highest BCUT2D eigenvalue weighted by Gasteiger charge is 2.20. The Balaban J connectivity index is 2.55. The number of halogens is 1. The lowest BCUT2D eigenvalue weighted by Gasteiger charge is -2.14. The molecule has 0 aromatic heterocycles. The van der Waals surface area contributed by atoms with Crippen LogP contribution in [0, 0.1) is 10.1 Å². The minimum Gasteiger partial charge on any atom is -0.382 e. The van der Waals surface area contributed by atoms with E-state index < -0.39 is 4.92 Å². The first kappa shape index (κ1) is 16.0. The molecule has 0 bridgehead atoms. The normalized spacial score (nSPS) is 10.5. The van der Waals surface area contributed by atoms with E-state index in [4.69, 9.17) is 11.6 Å². The predicted molar refractivity (Wildman–Crippen MR) is 86.7 cm³/mol. The van der Waals surface area contributed by atoms with Crippen LogP contribution in [-0.2, 0) is 0 Å². The van der Waals surface area contributed by atoms with Crippen molar-refractivity contribution >= 4 is 28.8 Å². The Labute approximate surface area is 133 Å². The van der Waals surface area contributed by atoms with E-state index in [0.717, 1.165) is 0 Å². The topological polar surface area (TPSA) is 72.2 Å². The van der Waals surface area contributed by atoms with E-state index in [9.17, 15) is 14.9 Å². The second-order valence-electron chi connectivity index (χ2n) is 5.10. The van der Waals surface area contributed by atoms with Gasteiger partial charge in [-0.05, 0) is 32.0 Å². The largest absolute Gasteiger partial charge is 0.382 e. The third kappa shape index (κ3) is 3.43. The monoisotopic (exact) mass is 318 g/mol. The first-order valence-electron chi connectivity index (χ1n) is 6.74. The molecule has 0 atom stereocenters. The van der Waals surface area contributed by atoms with Crippen LogP contribution < -0.4 is 5.32 Å². The molecule has 0 fully saturated rings. The van der Waals surface area contributed by atoms with Gasteiger partial charge in [0.2, 0.25) is 0 Å². The number of non-ortho nitro benzene ring substituents is 1. The van der Waals surface area contributed by atoms with Crippen molar-refractivity contribution < 1.29 is 9.72 Å². The van der Waals surface area contributed by atoms with Crippen LogP contribution in [0.3, 0.4) is 0 Å². The van der Waals surface area contributed by atoms with Gasteiger partial charge in [0.25, 0.3) is 5.69 Å². The molecule has 0 aliphatic heterocycles. The van der Waals surface area contributed by atoms with Crippen molar-refractivity contribution in [3.63, 3.8) is 0 Å². The number of ketones is 1. The van der Waals surface area contributed by atoms with Gasteiger partial charge in [-0.25, -0.2) is 0 Å². The van der Waals surface area contributed by atoms with Crippen LogP contribution in [0.5, 0.6) is 0 Å². The fraction of sp³-hybridized carbons (Fsp3) is 0.188. The molecule has 0 amide bonds. The standard InChI is InChI=1S/C16H15ClN2O3/c1-10(2)18-15-8-7-11(19(21)22)9-13(15)16(20)12-5-3-4-6-14(12)17/h3-10,18H,1-2H3. The molecule has 114 valence electrons. The van der Waals surface area contributed by atoms with Gasteiger partial charge in [0, 0.05) is 29.4 Å². The van der Waals surface area contributed by atoms with Crippen molar-refractivity contribution in [2.24, 2.45) is 0 Å². The van der Waals surface area contributed by atoms with Gasteiger partial charge in [-0.2, -0.15) is 0 Å². The fourth-order valence-corrected chi connectivity index (χ4v) is 2.28. The van der Waals surface area contributed by atoms with Gasteiger partial charge in [0.05, 0.1) is 15.5 Å². The minimum absolute atomic E-state index is 0.0826. The molecule has 0 spiro atoms. The molecular formula is C16H15ClN2O3. The lowest BCUT2D eigenvalue weighted by Crippen LogP contribution is -2.14. The van der Waals surface area contributed by atoms with Crippen LogP contribution in [0.15, 0.2) is 42.5 Å². The van der Waals surface area contributed by atoms with Gasteiger partial charge < -0.3 is 5.32 Å². The van der Waals surface area contributed by atoms with E-state index in [-0.39, 0.29) is 23.1 Å². The van der Waals surface area contributed by atoms with Gasteiger partial charge in [0.15, 0.2) is 5.78 Å². The highest BCUT2D eigenvalue weighted by molar-refractivity contribution is 6.35. The van der Waals surface area contributed by atoms with Crippen molar-refractivity contribution in [3.8, 4) is 0 Å². The molecule has 0 unspecified atom stereocenters. The first-order chi connectivity index (χ1) is 10.4. The number of carbonyl (C=O) groups excluding carboxylic acids is 1.